The van der Waals surface area contributed by atoms with E-state index in [0.29, 0.717) is 6.42 Å². The Bertz CT molecular complexity index is 945. The molecule has 0 aliphatic rings. The molecule has 0 bridgehead atoms. The van der Waals surface area contributed by atoms with Gasteiger partial charge in [-0.3, -0.25) is 14.4 Å². The van der Waals surface area contributed by atoms with E-state index in [1.165, 1.54) is 19.1 Å². The van der Waals surface area contributed by atoms with Crippen LogP contribution < -0.4 is 10.0 Å². The van der Waals surface area contributed by atoms with Crippen molar-refractivity contribution < 1.29 is 27.5 Å². The predicted octanol–water partition coefficient (Wildman–Crippen LogP) is 0.825. The number of ether oxygens (including phenoxy) is 1. The Morgan fingerprint density at radius 1 is 0.966 bits per heavy atom. The molecule has 0 radical (unpaired) electrons. The number of ketones is 1. The highest BCUT2D eigenvalue weighted by Gasteiger charge is 2.19. The van der Waals surface area contributed by atoms with E-state index in [1.54, 1.807) is 18.2 Å². The Labute approximate surface area is 169 Å². The van der Waals surface area contributed by atoms with Gasteiger partial charge in [0.25, 0.3) is 5.91 Å². The van der Waals surface area contributed by atoms with Crippen LogP contribution in [0, 0.1) is 0 Å². The summed E-state index contributed by atoms with van der Waals surface area (Å²) < 4.78 is 30.9. The van der Waals surface area contributed by atoms with Crippen LogP contribution in [-0.2, 0) is 35.6 Å². The molecule has 1 amide bonds. The monoisotopic (exact) mass is 418 g/mol. The third kappa shape index (κ3) is 7.47. The van der Waals surface area contributed by atoms with Gasteiger partial charge in [0.05, 0.1) is 10.9 Å². The molecule has 0 heterocycles. The van der Waals surface area contributed by atoms with Crippen LogP contribution in [0.3, 0.4) is 0 Å². The molecule has 0 aromatic heterocycles. The van der Waals surface area contributed by atoms with Gasteiger partial charge in [0.2, 0.25) is 10.0 Å². The van der Waals surface area contributed by atoms with Crippen LogP contribution in [0.4, 0.5) is 0 Å². The van der Waals surface area contributed by atoms with Gasteiger partial charge in [-0.1, -0.05) is 48.5 Å². The minimum absolute atomic E-state index is 0.00996. The number of rotatable bonds is 10. The fourth-order valence-corrected chi connectivity index (χ4v) is 3.41. The van der Waals surface area contributed by atoms with Gasteiger partial charge in [-0.05, 0) is 31.0 Å². The summed E-state index contributed by atoms with van der Waals surface area (Å²) in [5.74, 6) is -1.80. The second-order valence-electron chi connectivity index (χ2n) is 6.22. The highest BCUT2D eigenvalue weighted by atomic mass is 32.2. The fourth-order valence-electron chi connectivity index (χ4n) is 2.42. The van der Waals surface area contributed by atoms with Gasteiger partial charge in [0, 0.05) is 0 Å². The lowest BCUT2D eigenvalue weighted by Crippen LogP contribution is -2.43. The van der Waals surface area contributed by atoms with Crippen molar-refractivity contribution in [1.29, 1.82) is 0 Å². The average Bonchev–Trinajstić information content (AvgIpc) is 2.71. The molecule has 9 heteroatoms. The molecule has 0 fully saturated rings. The van der Waals surface area contributed by atoms with Crippen molar-refractivity contribution in [3.63, 3.8) is 0 Å². The average molecular weight is 418 g/mol. The molecule has 1 atom stereocenters. The second-order valence-corrected chi connectivity index (χ2v) is 7.99. The maximum Gasteiger partial charge on any atom is 0.321 e. The van der Waals surface area contributed by atoms with Gasteiger partial charge in [-0.25, -0.2) is 8.42 Å². The zero-order valence-electron chi connectivity index (χ0n) is 15.8. The summed E-state index contributed by atoms with van der Waals surface area (Å²) in [6.07, 6.45) is 0.312. The summed E-state index contributed by atoms with van der Waals surface area (Å²) in [6, 6.07) is 16.0. The van der Waals surface area contributed by atoms with E-state index < -0.39 is 41.1 Å². The highest BCUT2D eigenvalue weighted by Crippen LogP contribution is 2.07. The number of Topliss-reactive ketones (excluding diaryl/α,β-unsaturated/α-hetero) is 1. The van der Waals surface area contributed by atoms with Gasteiger partial charge in [0.15, 0.2) is 12.4 Å². The van der Waals surface area contributed by atoms with Crippen molar-refractivity contribution in [3.8, 4) is 0 Å². The van der Waals surface area contributed by atoms with Gasteiger partial charge in [-0.15, -0.1) is 0 Å². The first-order chi connectivity index (χ1) is 13.8. The summed E-state index contributed by atoms with van der Waals surface area (Å²) in [6.45, 7) is 0.118. The van der Waals surface area contributed by atoms with E-state index in [4.69, 9.17) is 4.74 Å². The predicted molar refractivity (Wildman–Crippen MR) is 105 cm³/mol. The smallest absolute Gasteiger partial charge is 0.321 e. The minimum Gasteiger partial charge on any atom is -0.455 e. The zero-order chi connectivity index (χ0) is 21.3. The van der Waals surface area contributed by atoms with Crippen LogP contribution in [0.25, 0.3) is 0 Å². The van der Waals surface area contributed by atoms with Crippen molar-refractivity contribution in [2.24, 2.45) is 0 Å². The maximum atomic E-state index is 12.0. The van der Waals surface area contributed by atoms with Crippen LogP contribution in [0.15, 0.2) is 65.6 Å². The van der Waals surface area contributed by atoms with Gasteiger partial charge < -0.3 is 10.1 Å². The Morgan fingerprint density at radius 3 is 2.14 bits per heavy atom. The molecule has 2 aromatic rings. The van der Waals surface area contributed by atoms with Crippen molar-refractivity contribution in [3.05, 3.63) is 66.2 Å². The lowest BCUT2D eigenvalue weighted by molar-refractivity contribution is -0.147. The van der Waals surface area contributed by atoms with Crippen LogP contribution in [0.5, 0.6) is 0 Å². The number of hydrogen-bond acceptors (Lipinski definition) is 6. The third-order valence-corrected chi connectivity index (χ3v) is 5.35. The Hall–Kier alpha value is -3.04. The molecule has 0 spiro atoms. The number of esters is 1. The standard InChI is InChI=1S/C20H22N2O6S/c1-15(23)18(12-16-8-4-2-5-9-16)22-19(24)14-28-20(25)13-21-29(26,27)17-10-6-3-7-11-17/h2-11,18,21H,12-14H2,1H3,(H,22,24)/t18-/m0/s1. The number of benzene rings is 2. The molecule has 0 saturated heterocycles. The van der Waals surface area contributed by atoms with Crippen LogP contribution in [0.2, 0.25) is 0 Å². The molecule has 0 aliphatic carbocycles. The summed E-state index contributed by atoms with van der Waals surface area (Å²) in [7, 11) is -3.85. The van der Waals surface area contributed by atoms with Crippen molar-refractivity contribution >= 4 is 27.7 Å². The molecular weight excluding hydrogens is 396 g/mol. The van der Waals surface area contributed by atoms with Gasteiger partial charge in [-0.2, -0.15) is 4.72 Å². The molecule has 0 saturated carbocycles. The molecule has 0 aliphatic heterocycles. The van der Waals surface area contributed by atoms with E-state index >= 15 is 0 Å². The van der Waals surface area contributed by atoms with Crippen molar-refractivity contribution in [1.82, 2.24) is 10.0 Å². The number of carbonyl (C=O) groups excluding carboxylic acids is 3. The quantitative estimate of drug-likeness (QED) is 0.552. The summed E-state index contributed by atoms with van der Waals surface area (Å²) >= 11 is 0. The highest BCUT2D eigenvalue weighted by molar-refractivity contribution is 7.89. The normalized spacial score (nSPS) is 12.0. The van der Waals surface area contributed by atoms with Crippen molar-refractivity contribution in [2.75, 3.05) is 13.2 Å². The topological polar surface area (TPSA) is 119 Å². The van der Waals surface area contributed by atoms with E-state index in [1.807, 2.05) is 30.3 Å². The van der Waals surface area contributed by atoms with E-state index in [0.717, 1.165) is 5.56 Å². The number of hydrogen-bond donors (Lipinski definition) is 2. The Kier molecular flexibility index (Phi) is 8.05. The molecule has 0 unspecified atom stereocenters. The van der Waals surface area contributed by atoms with Crippen molar-refractivity contribution in [2.45, 2.75) is 24.3 Å². The fraction of sp³-hybridized carbons (Fsp3) is 0.250. The maximum absolute atomic E-state index is 12.0. The molecule has 2 rings (SSSR count). The number of amides is 1. The largest absolute Gasteiger partial charge is 0.455 e. The van der Waals surface area contributed by atoms with E-state index in [-0.39, 0.29) is 10.7 Å². The van der Waals surface area contributed by atoms with E-state index in [2.05, 4.69) is 10.0 Å². The second kappa shape index (κ2) is 10.5. The number of sulfonamides is 1. The van der Waals surface area contributed by atoms with Gasteiger partial charge in [0.1, 0.15) is 6.54 Å². The molecule has 2 N–H and O–H groups in total. The van der Waals surface area contributed by atoms with E-state index in [9.17, 15) is 22.8 Å². The van der Waals surface area contributed by atoms with Crippen LogP contribution in [0.1, 0.15) is 12.5 Å². The Morgan fingerprint density at radius 2 is 1.55 bits per heavy atom. The zero-order valence-corrected chi connectivity index (χ0v) is 16.6. The first-order valence-electron chi connectivity index (χ1n) is 8.82. The first-order valence-corrected chi connectivity index (χ1v) is 10.3. The molecule has 29 heavy (non-hydrogen) atoms. The lowest BCUT2D eigenvalue weighted by Gasteiger charge is -2.16. The molecular formula is C20H22N2O6S. The third-order valence-electron chi connectivity index (χ3n) is 3.93. The first kappa shape index (κ1) is 22.3. The van der Waals surface area contributed by atoms with Crippen LogP contribution in [-0.4, -0.2) is 45.3 Å². The molecule has 154 valence electrons. The minimum atomic E-state index is -3.85. The summed E-state index contributed by atoms with van der Waals surface area (Å²) in [4.78, 5) is 35.5. The summed E-state index contributed by atoms with van der Waals surface area (Å²) in [5.41, 5.74) is 0.875. The Balaban J connectivity index is 1.80. The molecule has 8 nitrogen and oxygen atoms in total. The lowest BCUT2D eigenvalue weighted by atomic mass is 10.0. The van der Waals surface area contributed by atoms with Crippen LogP contribution >= 0.6 is 0 Å². The van der Waals surface area contributed by atoms with Gasteiger partial charge >= 0.3 is 5.97 Å². The summed E-state index contributed by atoms with van der Waals surface area (Å²) in [5, 5.41) is 2.51. The number of nitrogens with one attached hydrogen (secondary N) is 2. The SMILES string of the molecule is CC(=O)[C@H](Cc1ccccc1)NC(=O)COC(=O)CNS(=O)(=O)c1ccccc1. The number of carbonyl (C=O) groups is 3. The molecule has 2 aromatic carbocycles.